The Morgan fingerprint density at radius 3 is 2.71 bits per heavy atom. The molecule has 0 bridgehead atoms. The van der Waals surface area contributed by atoms with Crippen LogP contribution in [0.3, 0.4) is 0 Å². The van der Waals surface area contributed by atoms with Crippen LogP contribution in [0, 0.1) is 0 Å². The third-order valence-corrected chi connectivity index (χ3v) is 3.29. The highest BCUT2D eigenvalue weighted by Gasteiger charge is 2.18. The van der Waals surface area contributed by atoms with Gasteiger partial charge in [-0.25, -0.2) is 0 Å². The Morgan fingerprint density at radius 2 is 2.10 bits per heavy atom. The van der Waals surface area contributed by atoms with Crippen LogP contribution in [0.5, 0.6) is 5.75 Å². The van der Waals surface area contributed by atoms with Crippen LogP contribution in [-0.2, 0) is 0 Å². The van der Waals surface area contributed by atoms with Gasteiger partial charge in [0.2, 0.25) is 0 Å². The fourth-order valence-electron chi connectivity index (χ4n) is 2.01. The SMILES string of the molecule is CNCCN(C)C(=O)c1cn[nH]c1-c1ccc(OC)cc1. The van der Waals surface area contributed by atoms with Gasteiger partial charge in [0.05, 0.1) is 24.6 Å². The largest absolute Gasteiger partial charge is 0.497 e. The van der Waals surface area contributed by atoms with E-state index in [0.717, 1.165) is 23.6 Å². The summed E-state index contributed by atoms with van der Waals surface area (Å²) in [6, 6.07) is 7.51. The molecule has 21 heavy (non-hydrogen) atoms. The summed E-state index contributed by atoms with van der Waals surface area (Å²) in [6.45, 7) is 1.39. The Hall–Kier alpha value is -2.34. The summed E-state index contributed by atoms with van der Waals surface area (Å²) in [4.78, 5) is 14.1. The van der Waals surface area contributed by atoms with Gasteiger partial charge in [0.15, 0.2) is 0 Å². The van der Waals surface area contributed by atoms with Crippen molar-refractivity contribution in [3.63, 3.8) is 0 Å². The second-order valence-corrected chi connectivity index (χ2v) is 4.72. The first-order chi connectivity index (χ1) is 10.2. The normalized spacial score (nSPS) is 10.4. The molecule has 0 aliphatic rings. The molecule has 0 fully saturated rings. The van der Waals surface area contributed by atoms with E-state index in [-0.39, 0.29) is 5.91 Å². The molecule has 2 rings (SSSR count). The lowest BCUT2D eigenvalue weighted by molar-refractivity contribution is 0.0797. The fraction of sp³-hybridized carbons (Fsp3) is 0.333. The van der Waals surface area contributed by atoms with Crippen molar-refractivity contribution in [2.45, 2.75) is 0 Å². The van der Waals surface area contributed by atoms with Gasteiger partial charge in [-0.2, -0.15) is 5.10 Å². The minimum absolute atomic E-state index is 0.0511. The standard InChI is InChI=1S/C15H20N4O2/c1-16-8-9-19(2)15(20)13-10-17-18-14(13)11-4-6-12(21-3)7-5-11/h4-7,10,16H,8-9H2,1-3H3,(H,17,18). The lowest BCUT2D eigenvalue weighted by Gasteiger charge is -2.16. The predicted molar refractivity (Wildman–Crippen MR) is 81.5 cm³/mol. The molecular weight excluding hydrogens is 268 g/mol. The van der Waals surface area contributed by atoms with Crippen LogP contribution in [-0.4, -0.2) is 55.3 Å². The summed E-state index contributed by atoms with van der Waals surface area (Å²) in [5.41, 5.74) is 2.19. The number of ether oxygens (including phenoxy) is 1. The van der Waals surface area contributed by atoms with Crippen molar-refractivity contribution < 1.29 is 9.53 Å². The van der Waals surface area contributed by atoms with Gasteiger partial charge in [-0.3, -0.25) is 9.89 Å². The van der Waals surface area contributed by atoms with Crippen LogP contribution < -0.4 is 10.1 Å². The van der Waals surface area contributed by atoms with Gasteiger partial charge in [0, 0.05) is 25.7 Å². The number of nitrogens with one attached hydrogen (secondary N) is 2. The number of benzene rings is 1. The molecule has 2 aromatic rings. The number of aromatic amines is 1. The van der Waals surface area contributed by atoms with E-state index >= 15 is 0 Å². The smallest absolute Gasteiger partial charge is 0.257 e. The maximum Gasteiger partial charge on any atom is 0.257 e. The lowest BCUT2D eigenvalue weighted by Crippen LogP contribution is -2.32. The molecule has 0 saturated heterocycles. The number of nitrogens with zero attached hydrogens (tertiary/aromatic N) is 2. The summed E-state index contributed by atoms with van der Waals surface area (Å²) >= 11 is 0. The topological polar surface area (TPSA) is 70.2 Å². The number of amides is 1. The Kier molecular flexibility index (Phi) is 4.94. The van der Waals surface area contributed by atoms with Crippen molar-refractivity contribution in [1.29, 1.82) is 0 Å². The van der Waals surface area contributed by atoms with Gasteiger partial charge in [-0.15, -0.1) is 0 Å². The van der Waals surface area contributed by atoms with Crippen molar-refractivity contribution in [3.05, 3.63) is 36.0 Å². The summed E-state index contributed by atoms with van der Waals surface area (Å²) < 4.78 is 5.14. The molecule has 6 heteroatoms. The van der Waals surface area contributed by atoms with E-state index in [4.69, 9.17) is 4.74 Å². The quantitative estimate of drug-likeness (QED) is 0.842. The minimum atomic E-state index is -0.0511. The molecule has 0 atom stereocenters. The molecule has 112 valence electrons. The molecule has 0 saturated carbocycles. The van der Waals surface area contributed by atoms with E-state index in [1.807, 2.05) is 31.3 Å². The van der Waals surface area contributed by atoms with Crippen molar-refractivity contribution in [1.82, 2.24) is 20.4 Å². The highest BCUT2D eigenvalue weighted by atomic mass is 16.5. The zero-order chi connectivity index (χ0) is 15.2. The maximum atomic E-state index is 12.4. The van der Waals surface area contributed by atoms with Crippen molar-refractivity contribution in [3.8, 4) is 17.0 Å². The van der Waals surface area contributed by atoms with E-state index < -0.39 is 0 Å². The van der Waals surface area contributed by atoms with Gasteiger partial charge >= 0.3 is 0 Å². The molecule has 6 nitrogen and oxygen atoms in total. The Morgan fingerprint density at radius 1 is 1.38 bits per heavy atom. The summed E-state index contributed by atoms with van der Waals surface area (Å²) in [7, 11) is 5.26. The highest BCUT2D eigenvalue weighted by Crippen LogP contribution is 2.24. The van der Waals surface area contributed by atoms with Gasteiger partial charge in [0.25, 0.3) is 5.91 Å². The van der Waals surface area contributed by atoms with Crippen molar-refractivity contribution in [2.75, 3.05) is 34.3 Å². The predicted octanol–water partition coefficient (Wildman–Crippen LogP) is 1.38. The second kappa shape index (κ2) is 6.90. The van der Waals surface area contributed by atoms with E-state index in [9.17, 15) is 4.79 Å². The van der Waals surface area contributed by atoms with Crippen molar-refractivity contribution in [2.24, 2.45) is 0 Å². The molecular formula is C15H20N4O2. The summed E-state index contributed by atoms with van der Waals surface area (Å²) in [5.74, 6) is 0.724. The number of carbonyl (C=O) groups is 1. The third kappa shape index (κ3) is 3.41. The zero-order valence-electron chi connectivity index (χ0n) is 12.5. The molecule has 1 heterocycles. The third-order valence-electron chi connectivity index (χ3n) is 3.29. The lowest BCUT2D eigenvalue weighted by atomic mass is 10.1. The molecule has 0 aliphatic heterocycles. The minimum Gasteiger partial charge on any atom is -0.497 e. The first kappa shape index (κ1) is 15.1. The number of methoxy groups -OCH3 is 1. The molecule has 1 aromatic carbocycles. The van der Waals surface area contributed by atoms with Crippen LogP contribution in [0.2, 0.25) is 0 Å². The van der Waals surface area contributed by atoms with Crippen LogP contribution >= 0.6 is 0 Å². The van der Waals surface area contributed by atoms with Crippen LogP contribution in [0.25, 0.3) is 11.3 Å². The molecule has 0 unspecified atom stereocenters. The molecule has 1 amide bonds. The van der Waals surface area contributed by atoms with E-state index in [1.165, 1.54) is 0 Å². The van der Waals surface area contributed by atoms with Crippen LogP contribution in [0.15, 0.2) is 30.5 Å². The van der Waals surface area contributed by atoms with Crippen LogP contribution in [0.4, 0.5) is 0 Å². The molecule has 0 spiro atoms. The number of likely N-dealkylation sites (N-methyl/N-ethyl adjacent to an activating group) is 2. The van der Waals surface area contributed by atoms with Gasteiger partial charge in [-0.1, -0.05) is 0 Å². The number of hydrogen-bond donors (Lipinski definition) is 2. The number of H-pyrrole nitrogens is 1. The molecule has 1 aromatic heterocycles. The average molecular weight is 288 g/mol. The Balaban J connectivity index is 2.23. The number of aromatic nitrogens is 2. The first-order valence-electron chi connectivity index (χ1n) is 6.75. The highest BCUT2D eigenvalue weighted by molar-refractivity contribution is 5.99. The van der Waals surface area contributed by atoms with E-state index in [2.05, 4.69) is 15.5 Å². The van der Waals surface area contributed by atoms with Gasteiger partial charge in [0.1, 0.15) is 5.75 Å². The summed E-state index contributed by atoms with van der Waals surface area (Å²) in [6.07, 6.45) is 1.57. The Bertz CT molecular complexity index is 592. The zero-order valence-corrected chi connectivity index (χ0v) is 12.5. The molecule has 0 aliphatic carbocycles. The Labute approximate surface area is 124 Å². The molecule has 2 N–H and O–H groups in total. The van der Waals surface area contributed by atoms with Crippen LogP contribution in [0.1, 0.15) is 10.4 Å². The second-order valence-electron chi connectivity index (χ2n) is 4.72. The molecule has 0 radical (unpaired) electrons. The first-order valence-corrected chi connectivity index (χ1v) is 6.75. The van der Waals surface area contributed by atoms with Gasteiger partial charge in [-0.05, 0) is 31.3 Å². The number of hydrogen-bond acceptors (Lipinski definition) is 4. The maximum absolute atomic E-state index is 12.4. The monoisotopic (exact) mass is 288 g/mol. The van der Waals surface area contributed by atoms with E-state index in [1.54, 1.807) is 25.3 Å². The number of carbonyl (C=O) groups excluding carboxylic acids is 1. The van der Waals surface area contributed by atoms with E-state index in [0.29, 0.717) is 12.1 Å². The number of rotatable bonds is 6. The van der Waals surface area contributed by atoms with Gasteiger partial charge < -0.3 is 15.0 Å². The fourth-order valence-corrected chi connectivity index (χ4v) is 2.01. The van der Waals surface area contributed by atoms with Crippen molar-refractivity contribution >= 4 is 5.91 Å². The average Bonchev–Trinajstić information content (AvgIpc) is 3.01. The summed E-state index contributed by atoms with van der Waals surface area (Å²) in [5, 5.41) is 9.93.